The predicted octanol–water partition coefficient (Wildman–Crippen LogP) is 6.39. The third-order valence-electron chi connectivity index (χ3n) is 10.4. The van der Waals surface area contributed by atoms with E-state index in [0.29, 0.717) is 20.0 Å². The van der Waals surface area contributed by atoms with Crippen LogP contribution in [0, 0.1) is 35.5 Å². The van der Waals surface area contributed by atoms with Crippen molar-refractivity contribution in [3.63, 3.8) is 0 Å². The van der Waals surface area contributed by atoms with E-state index in [1.54, 1.807) is 0 Å². The lowest BCUT2D eigenvalue weighted by atomic mass is 9.67. The smallest absolute Gasteiger partial charge is 0.223 e. The highest BCUT2D eigenvalue weighted by Gasteiger charge is 2.56. The van der Waals surface area contributed by atoms with Crippen LogP contribution in [0.15, 0.2) is 0 Å². The van der Waals surface area contributed by atoms with Gasteiger partial charge in [-0.05, 0) is 94.3 Å². The Balaban J connectivity index is 0.863. The van der Waals surface area contributed by atoms with Crippen LogP contribution in [0.3, 0.4) is 0 Å². The maximum atomic E-state index is 13.0. The molecule has 4 saturated carbocycles. The van der Waals surface area contributed by atoms with Crippen LogP contribution in [0.25, 0.3) is 0 Å². The summed E-state index contributed by atoms with van der Waals surface area (Å²) in [5.41, 5.74) is 0. The quantitative estimate of drug-likeness (QED) is 0.323. The Morgan fingerprint density at radius 2 is 0.919 bits per heavy atom. The first-order chi connectivity index (χ1) is 18.1. The standard InChI is InChI=1S/C29H46N2O2S4/c32-26(20-16-22-6-4-7-23(17-20)28(22)34-12-13-35-28)30-10-2-1-3-11-31-27(33)21-18-24-8-5-9-25(19-21)29(24)36-14-15-37-29/h20-25H,1-19H2,(H,30,32)(H,31,33)/t22-,23-,24-,25-/m0/s1. The van der Waals surface area contributed by atoms with Gasteiger partial charge in [0.25, 0.3) is 0 Å². The van der Waals surface area contributed by atoms with E-state index < -0.39 is 0 Å². The van der Waals surface area contributed by atoms with Gasteiger partial charge in [-0.25, -0.2) is 0 Å². The van der Waals surface area contributed by atoms with Crippen LogP contribution in [0.2, 0.25) is 0 Å². The molecule has 2 N–H and O–H groups in total. The SMILES string of the molecule is O=C(NCCCCCNC(=O)C1C[C@@H]2CCC[C@@H](C1)C21SCCS1)C1C[C@@H]2CCC[C@@H](C1)C21SCCS1. The van der Waals surface area contributed by atoms with Crippen LogP contribution < -0.4 is 10.6 Å². The molecule has 2 heterocycles. The molecule has 4 bridgehead atoms. The third kappa shape index (κ3) is 5.49. The maximum absolute atomic E-state index is 13.0. The molecule has 2 aliphatic heterocycles. The van der Waals surface area contributed by atoms with Crippen LogP contribution in [0.4, 0.5) is 0 Å². The second-order valence-electron chi connectivity index (χ2n) is 12.5. The normalized spacial score (nSPS) is 37.5. The van der Waals surface area contributed by atoms with Crippen LogP contribution in [-0.4, -0.2) is 56.1 Å². The molecule has 4 aliphatic carbocycles. The van der Waals surface area contributed by atoms with Gasteiger partial charge in [0.15, 0.2) is 0 Å². The van der Waals surface area contributed by atoms with Gasteiger partial charge in [0.2, 0.25) is 11.8 Å². The monoisotopic (exact) mass is 582 g/mol. The van der Waals surface area contributed by atoms with Gasteiger partial charge in [-0.15, -0.1) is 47.0 Å². The summed E-state index contributed by atoms with van der Waals surface area (Å²) in [5, 5.41) is 6.55. The fraction of sp³-hybridized carbons (Fsp3) is 0.931. The predicted molar refractivity (Wildman–Crippen MR) is 162 cm³/mol. The molecule has 208 valence electrons. The molecule has 2 saturated heterocycles. The lowest BCUT2D eigenvalue weighted by Gasteiger charge is -2.52. The number of hydrogen-bond acceptors (Lipinski definition) is 6. The molecule has 4 nitrogen and oxygen atoms in total. The van der Waals surface area contributed by atoms with Gasteiger partial charge in [-0.3, -0.25) is 9.59 Å². The summed E-state index contributed by atoms with van der Waals surface area (Å²) < 4.78 is 0.900. The molecule has 6 aliphatic rings. The van der Waals surface area contributed by atoms with Crippen LogP contribution in [-0.2, 0) is 9.59 Å². The molecule has 0 unspecified atom stereocenters. The van der Waals surface area contributed by atoms with E-state index in [2.05, 4.69) is 57.7 Å². The Bertz CT molecular complexity index is 731. The van der Waals surface area contributed by atoms with E-state index in [9.17, 15) is 9.59 Å². The highest BCUT2D eigenvalue weighted by molar-refractivity contribution is 8.21. The van der Waals surface area contributed by atoms with Crippen molar-refractivity contribution in [3.05, 3.63) is 0 Å². The van der Waals surface area contributed by atoms with Crippen molar-refractivity contribution >= 4 is 58.9 Å². The number of amides is 2. The number of nitrogens with one attached hydrogen (secondary N) is 2. The van der Waals surface area contributed by atoms with E-state index in [-0.39, 0.29) is 11.8 Å². The van der Waals surface area contributed by atoms with Crippen LogP contribution in [0.1, 0.15) is 83.5 Å². The number of thioether (sulfide) groups is 4. The second-order valence-corrected chi connectivity index (χ2v) is 18.5. The summed E-state index contributed by atoms with van der Waals surface area (Å²) in [5.74, 6) is 9.25. The van der Waals surface area contributed by atoms with Crippen molar-refractivity contribution in [1.29, 1.82) is 0 Å². The van der Waals surface area contributed by atoms with Gasteiger partial charge in [0.1, 0.15) is 0 Å². The van der Waals surface area contributed by atoms with E-state index in [0.717, 1.165) is 81.7 Å². The van der Waals surface area contributed by atoms with Crippen molar-refractivity contribution in [3.8, 4) is 0 Å². The molecule has 4 atom stereocenters. The molecular weight excluding hydrogens is 537 g/mol. The molecule has 6 fully saturated rings. The zero-order chi connectivity index (χ0) is 25.3. The van der Waals surface area contributed by atoms with E-state index in [4.69, 9.17) is 0 Å². The van der Waals surface area contributed by atoms with Crippen LogP contribution >= 0.6 is 47.0 Å². The summed E-state index contributed by atoms with van der Waals surface area (Å²) in [6.07, 6.45) is 15.6. The molecule has 2 spiro atoms. The minimum Gasteiger partial charge on any atom is -0.356 e. The first-order valence-corrected chi connectivity index (χ1v) is 19.2. The summed E-state index contributed by atoms with van der Waals surface area (Å²) >= 11 is 8.88. The highest BCUT2D eigenvalue weighted by atomic mass is 32.2. The number of hydrogen-bond donors (Lipinski definition) is 2. The summed E-state index contributed by atoms with van der Waals surface area (Å²) in [7, 11) is 0. The number of unbranched alkanes of at least 4 members (excludes halogenated alkanes) is 2. The fourth-order valence-corrected chi connectivity index (χ4v) is 16.7. The Kier molecular flexibility index (Phi) is 8.97. The summed E-state index contributed by atoms with van der Waals surface area (Å²) in [4.78, 5) is 26.0. The Morgan fingerprint density at radius 3 is 1.27 bits per heavy atom. The number of rotatable bonds is 8. The Labute approximate surface area is 241 Å². The van der Waals surface area contributed by atoms with Crippen molar-refractivity contribution in [2.75, 3.05) is 36.1 Å². The number of carbonyl (C=O) groups excluding carboxylic acids is 2. The minimum atomic E-state index is 0.233. The highest BCUT2D eigenvalue weighted by Crippen LogP contribution is 2.65. The molecule has 0 aromatic rings. The average molecular weight is 583 g/mol. The zero-order valence-corrected chi connectivity index (χ0v) is 25.6. The first kappa shape index (κ1) is 27.5. The van der Waals surface area contributed by atoms with E-state index in [1.165, 1.54) is 61.5 Å². The molecule has 0 aromatic carbocycles. The first-order valence-electron chi connectivity index (χ1n) is 15.2. The fourth-order valence-electron chi connectivity index (χ4n) is 8.79. The maximum Gasteiger partial charge on any atom is 0.223 e. The van der Waals surface area contributed by atoms with Crippen molar-refractivity contribution in [2.45, 2.75) is 91.6 Å². The van der Waals surface area contributed by atoms with Crippen molar-refractivity contribution in [2.24, 2.45) is 35.5 Å². The molecule has 8 heteroatoms. The molecule has 2 amide bonds. The van der Waals surface area contributed by atoms with Gasteiger partial charge < -0.3 is 10.6 Å². The van der Waals surface area contributed by atoms with Crippen LogP contribution in [0.5, 0.6) is 0 Å². The van der Waals surface area contributed by atoms with E-state index in [1.807, 2.05) is 0 Å². The molecule has 0 aromatic heterocycles. The van der Waals surface area contributed by atoms with E-state index >= 15 is 0 Å². The zero-order valence-electron chi connectivity index (χ0n) is 22.3. The average Bonchev–Trinajstić information content (AvgIpc) is 3.54. The number of carbonyl (C=O) groups is 2. The van der Waals surface area contributed by atoms with Gasteiger partial charge >= 0.3 is 0 Å². The molecule has 0 radical (unpaired) electrons. The van der Waals surface area contributed by atoms with Crippen molar-refractivity contribution in [1.82, 2.24) is 10.6 Å². The second kappa shape index (κ2) is 12.1. The lowest BCUT2D eigenvalue weighted by Crippen LogP contribution is -2.49. The topological polar surface area (TPSA) is 58.2 Å². The molecule has 6 rings (SSSR count). The van der Waals surface area contributed by atoms with Gasteiger partial charge in [0, 0.05) is 47.9 Å². The molecular formula is C29H46N2O2S4. The van der Waals surface area contributed by atoms with Crippen molar-refractivity contribution < 1.29 is 9.59 Å². The van der Waals surface area contributed by atoms with Gasteiger partial charge in [0.05, 0.1) is 8.16 Å². The van der Waals surface area contributed by atoms with Gasteiger partial charge in [-0.2, -0.15) is 0 Å². The molecule has 37 heavy (non-hydrogen) atoms. The summed E-state index contributed by atoms with van der Waals surface area (Å²) in [6.45, 7) is 1.58. The Morgan fingerprint density at radius 1 is 0.568 bits per heavy atom. The Hall–Kier alpha value is 0.340. The third-order valence-corrected chi connectivity index (χ3v) is 18.5. The summed E-state index contributed by atoms with van der Waals surface area (Å²) in [6, 6.07) is 0. The largest absolute Gasteiger partial charge is 0.356 e. The lowest BCUT2D eigenvalue weighted by molar-refractivity contribution is -0.128. The van der Waals surface area contributed by atoms with Gasteiger partial charge in [-0.1, -0.05) is 12.8 Å². The minimum absolute atomic E-state index is 0.233.